The van der Waals surface area contributed by atoms with Crippen LogP contribution in [-0.2, 0) is 0 Å². The molecule has 0 spiro atoms. The summed E-state index contributed by atoms with van der Waals surface area (Å²) in [6.45, 7) is 4.38. The maximum atomic E-state index is 5.97. The van der Waals surface area contributed by atoms with Crippen LogP contribution >= 0.6 is 11.3 Å². The van der Waals surface area contributed by atoms with E-state index in [1.54, 1.807) is 18.4 Å². The second kappa shape index (κ2) is 2.69. The Balaban J connectivity index is 2.19. The minimum Gasteiger partial charge on any atom is -0.473 e. The summed E-state index contributed by atoms with van der Waals surface area (Å²) >= 11 is 1.60. The summed E-state index contributed by atoms with van der Waals surface area (Å²) in [6.07, 6.45) is 1.88. The Bertz CT molecular complexity index is 321. The van der Waals surface area contributed by atoms with Crippen LogP contribution in [0.5, 0.6) is 5.19 Å². The fourth-order valence-corrected chi connectivity index (χ4v) is 2.80. The van der Waals surface area contributed by atoms with Crippen molar-refractivity contribution >= 4 is 11.3 Å². The van der Waals surface area contributed by atoms with Gasteiger partial charge in [-0.05, 0) is 5.41 Å². The van der Waals surface area contributed by atoms with E-state index in [0.717, 1.165) is 5.19 Å². The molecular formula is C9H14N2OS. The summed E-state index contributed by atoms with van der Waals surface area (Å²) < 4.78 is 5.04. The van der Waals surface area contributed by atoms with Crippen molar-refractivity contribution in [2.24, 2.45) is 11.1 Å². The number of ether oxygens (including phenoxy) is 1. The molecule has 0 saturated heterocycles. The summed E-state index contributed by atoms with van der Waals surface area (Å²) in [7, 11) is 1.64. The molecule has 1 aromatic heterocycles. The Labute approximate surface area is 81.9 Å². The first-order chi connectivity index (χ1) is 6.07. The predicted molar refractivity (Wildman–Crippen MR) is 53.2 cm³/mol. The van der Waals surface area contributed by atoms with Gasteiger partial charge in [-0.25, -0.2) is 4.98 Å². The van der Waals surface area contributed by atoms with Crippen molar-refractivity contribution in [2.75, 3.05) is 7.11 Å². The van der Waals surface area contributed by atoms with Crippen LogP contribution in [-0.4, -0.2) is 18.1 Å². The molecule has 1 fully saturated rings. The van der Waals surface area contributed by atoms with E-state index in [-0.39, 0.29) is 11.5 Å². The average Bonchev–Trinajstić information content (AvgIpc) is 2.55. The molecule has 1 aromatic rings. The molecule has 0 radical (unpaired) electrons. The monoisotopic (exact) mass is 198 g/mol. The fourth-order valence-electron chi connectivity index (χ4n) is 1.73. The SMILES string of the molecule is COc1ncc(C2C(N)C2(C)C)s1. The highest BCUT2D eigenvalue weighted by molar-refractivity contribution is 7.13. The Morgan fingerprint density at radius 2 is 2.23 bits per heavy atom. The molecule has 1 aliphatic rings. The molecule has 2 atom stereocenters. The van der Waals surface area contributed by atoms with E-state index in [4.69, 9.17) is 10.5 Å². The van der Waals surface area contributed by atoms with Crippen molar-refractivity contribution in [1.29, 1.82) is 0 Å². The third kappa shape index (κ3) is 1.25. The summed E-state index contributed by atoms with van der Waals surface area (Å²) in [5.41, 5.74) is 6.20. The molecule has 1 saturated carbocycles. The zero-order valence-corrected chi connectivity index (χ0v) is 8.89. The van der Waals surface area contributed by atoms with E-state index in [1.807, 2.05) is 6.20 Å². The number of nitrogens with zero attached hydrogens (tertiary/aromatic N) is 1. The van der Waals surface area contributed by atoms with E-state index in [0.29, 0.717) is 5.92 Å². The molecule has 0 aromatic carbocycles. The van der Waals surface area contributed by atoms with Gasteiger partial charge in [-0.1, -0.05) is 25.2 Å². The second-order valence-electron chi connectivity index (χ2n) is 4.06. The molecule has 1 aliphatic carbocycles. The lowest BCUT2D eigenvalue weighted by atomic mass is 10.1. The Kier molecular flexibility index (Phi) is 1.85. The molecule has 1 heterocycles. The van der Waals surface area contributed by atoms with Gasteiger partial charge in [0.2, 0.25) is 0 Å². The van der Waals surface area contributed by atoms with Crippen LogP contribution in [0.25, 0.3) is 0 Å². The quantitative estimate of drug-likeness (QED) is 0.785. The van der Waals surface area contributed by atoms with E-state index in [1.165, 1.54) is 4.88 Å². The average molecular weight is 198 g/mol. The maximum Gasteiger partial charge on any atom is 0.273 e. The van der Waals surface area contributed by atoms with Gasteiger partial charge in [0.25, 0.3) is 5.19 Å². The summed E-state index contributed by atoms with van der Waals surface area (Å²) in [5, 5.41) is 0.727. The normalized spacial score (nSPS) is 30.2. The summed E-state index contributed by atoms with van der Waals surface area (Å²) in [6, 6.07) is 0.276. The first-order valence-electron chi connectivity index (χ1n) is 4.32. The number of aromatic nitrogens is 1. The topological polar surface area (TPSA) is 48.1 Å². The fraction of sp³-hybridized carbons (Fsp3) is 0.667. The number of thiazole rings is 1. The van der Waals surface area contributed by atoms with Crippen LogP contribution < -0.4 is 10.5 Å². The number of rotatable bonds is 2. The Hall–Kier alpha value is -0.610. The minimum absolute atomic E-state index is 0.234. The number of hydrogen-bond donors (Lipinski definition) is 1. The molecular weight excluding hydrogens is 184 g/mol. The zero-order valence-electron chi connectivity index (χ0n) is 8.07. The van der Waals surface area contributed by atoms with E-state index in [9.17, 15) is 0 Å². The smallest absolute Gasteiger partial charge is 0.273 e. The molecule has 0 bridgehead atoms. The number of hydrogen-bond acceptors (Lipinski definition) is 4. The maximum absolute atomic E-state index is 5.97. The Morgan fingerprint density at radius 3 is 2.62 bits per heavy atom. The van der Waals surface area contributed by atoms with Crippen molar-refractivity contribution < 1.29 is 4.74 Å². The van der Waals surface area contributed by atoms with Gasteiger partial charge >= 0.3 is 0 Å². The van der Waals surface area contributed by atoms with Gasteiger partial charge in [-0.15, -0.1) is 0 Å². The van der Waals surface area contributed by atoms with Gasteiger partial charge in [0.15, 0.2) is 0 Å². The zero-order chi connectivity index (χ0) is 9.64. The van der Waals surface area contributed by atoms with Crippen molar-refractivity contribution in [1.82, 2.24) is 4.98 Å². The van der Waals surface area contributed by atoms with Crippen LogP contribution in [0.4, 0.5) is 0 Å². The highest BCUT2D eigenvalue weighted by atomic mass is 32.1. The third-order valence-corrected chi connectivity index (χ3v) is 3.94. The second-order valence-corrected chi connectivity index (χ2v) is 5.08. The van der Waals surface area contributed by atoms with Crippen LogP contribution in [0, 0.1) is 5.41 Å². The van der Waals surface area contributed by atoms with Crippen LogP contribution in [0.3, 0.4) is 0 Å². The van der Waals surface area contributed by atoms with Crippen LogP contribution in [0.1, 0.15) is 24.6 Å². The number of methoxy groups -OCH3 is 1. The van der Waals surface area contributed by atoms with Gasteiger partial charge in [-0.3, -0.25) is 0 Å². The van der Waals surface area contributed by atoms with Gasteiger partial charge in [0.05, 0.1) is 7.11 Å². The molecule has 2 rings (SSSR count). The van der Waals surface area contributed by atoms with E-state index in [2.05, 4.69) is 18.8 Å². The van der Waals surface area contributed by atoms with Gasteiger partial charge in [0, 0.05) is 23.0 Å². The van der Waals surface area contributed by atoms with Gasteiger partial charge in [-0.2, -0.15) is 0 Å². The van der Waals surface area contributed by atoms with E-state index < -0.39 is 0 Å². The van der Waals surface area contributed by atoms with Crippen LogP contribution in [0.2, 0.25) is 0 Å². The van der Waals surface area contributed by atoms with Gasteiger partial charge < -0.3 is 10.5 Å². The predicted octanol–water partition coefficient (Wildman–Crippen LogP) is 1.60. The standard InChI is InChI=1S/C9H14N2OS/c1-9(2)6(7(9)10)5-4-11-8(12-3)13-5/h4,6-7H,10H2,1-3H3. The third-order valence-electron chi connectivity index (χ3n) is 2.89. The lowest BCUT2D eigenvalue weighted by Gasteiger charge is -1.97. The number of nitrogens with two attached hydrogens (primary N) is 1. The van der Waals surface area contributed by atoms with Crippen molar-refractivity contribution in [2.45, 2.75) is 25.8 Å². The van der Waals surface area contributed by atoms with Crippen LogP contribution in [0.15, 0.2) is 6.20 Å². The molecule has 13 heavy (non-hydrogen) atoms. The molecule has 2 unspecified atom stereocenters. The lowest BCUT2D eigenvalue weighted by molar-refractivity contribution is 0.412. The molecule has 0 aliphatic heterocycles. The minimum atomic E-state index is 0.234. The molecule has 4 heteroatoms. The first kappa shape index (κ1) is 8.97. The largest absolute Gasteiger partial charge is 0.473 e. The highest BCUT2D eigenvalue weighted by Crippen LogP contribution is 2.58. The molecule has 72 valence electrons. The van der Waals surface area contributed by atoms with Gasteiger partial charge in [0.1, 0.15) is 0 Å². The van der Waals surface area contributed by atoms with Crippen molar-refractivity contribution in [3.8, 4) is 5.19 Å². The highest BCUT2D eigenvalue weighted by Gasteiger charge is 2.57. The molecule has 2 N–H and O–H groups in total. The summed E-state index contributed by atoms with van der Waals surface area (Å²) in [5.74, 6) is 0.467. The first-order valence-corrected chi connectivity index (χ1v) is 5.14. The Morgan fingerprint density at radius 1 is 1.62 bits per heavy atom. The van der Waals surface area contributed by atoms with Crippen molar-refractivity contribution in [3.05, 3.63) is 11.1 Å². The summed E-state index contributed by atoms with van der Waals surface area (Å²) in [4.78, 5) is 5.38. The van der Waals surface area contributed by atoms with E-state index >= 15 is 0 Å². The molecule has 3 nitrogen and oxygen atoms in total. The van der Waals surface area contributed by atoms with Crippen molar-refractivity contribution in [3.63, 3.8) is 0 Å². The molecule has 0 amide bonds. The lowest BCUT2D eigenvalue weighted by Crippen LogP contribution is -2.06.